The maximum atomic E-state index is 13.7. The second kappa shape index (κ2) is 9.86. The minimum absolute atomic E-state index is 0.219. The number of fused-ring (bicyclic) bond motifs is 1. The fraction of sp³-hybridized carbons (Fsp3) is 0.241. The zero-order valence-corrected chi connectivity index (χ0v) is 19.7. The third kappa shape index (κ3) is 4.63. The lowest BCUT2D eigenvalue weighted by Gasteiger charge is -2.34. The van der Waals surface area contributed by atoms with Crippen molar-refractivity contribution in [3.8, 4) is 11.5 Å². The fourth-order valence-electron chi connectivity index (χ4n) is 4.47. The molecule has 0 aromatic heterocycles. The largest absolute Gasteiger partial charge is 0.489 e. The molecule has 0 fully saturated rings. The molecule has 0 spiro atoms. The van der Waals surface area contributed by atoms with Gasteiger partial charge in [0.15, 0.2) is 17.9 Å². The van der Waals surface area contributed by atoms with Crippen molar-refractivity contribution in [2.24, 2.45) is 0 Å². The lowest BCUT2D eigenvalue weighted by atomic mass is 9.80. The Bertz CT molecular complexity index is 1280. The van der Waals surface area contributed by atoms with Crippen LogP contribution in [-0.2, 0) is 22.7 Å². The van der Waals surface area contributed by atoms with E-state index in [4.69, 9.17) is 18.9 Å². The lowest BCUT2D eigenvalue weighted by molar-refractivity contribution is -0.133. The Morgan fingerprint density at radius 3 is 2.11 bits per heavy atom. The van der Waals surface area contributed by atoms with E-state index < -0.39 is 6.29 Å². The van der Waals surface area contributed by atoms with Crippen LogP contribution >= 0.6 is 0 Å². The number of methoxy groups -OCH3 is 1. The quantitative estimate of drug-likeness (QED) is 0.467. The summed E-state index contributed by atoms with van der Waals surface area (Å²) in [5, 5.41) is 0. The molecule has 5 rings (SSSR count). The number of Topliss-reactive ketones (excluding diaryl/α,β-unsaturated/α-hetero) is 2. The smallest absolute Gasteiger partial charge is 0.199 e. The molecule has 2 atom stereocenters. The van der Waals surface area contributed by atoms with Crippen LogP contribution in [0.3, 0.4) is 0 Å². The standard InChI is InChI=1S/C29H26O6/c1-18-13-22-26(29(32-2)35-18)28(31)25-23(27(22)30)14-21(33-16-19-9-5-3-6-10-19)15-24(25)34-17-20-11-7-4-8-12-20/h3-12,14-15,18,29H,13,16-17H2,1-2H3/t18-,29+/m0/s1. The molecule has 35 heavy (non-hydrogen) atoms. The average molecular weight is 471 g/mol. The van der Waals surface area contributed by atoms with E-state index in [-0.39, 0.29) is 41.0 Å². The first-order chi connectivity index (χ1) is 17.0. The second-order valence-corrected chi connectivity index (χ2v) is 8.66. The van der Waals surface area contributed by atoms with Crippen molar-refractivity contribution in [1.29, 1.82) is 0 Å². The van der Waals surface area contributed by atoms with Crippen LogP contribution in [0, 0.1) is 0 Å². The summed E-state index contributed by atoms with van der Waals surface area (Å²) < 4.78 is 23.4. The van der Waals surface area contributed by atoms with Crippen LogP contribution in [0.15, 0.2) is 83.9 Å². The van der Waals surface area contributed by atoms with Crippen molar-refractivity contribution in [2.45, 2.75) is 39.0 Å². The molecule has 3 aromatic rings. The van der Waals surface area contributed by atoms with Crippen LogP contribution in [0.2, 0.25) is 0 Å². The van der Waals surface area contributed by atoms with Crippen molar-refractivity contribution < 1.29 is 28.5 Å². The molecule has 3 aromatic carbocycles. The van der Waals surface area contributed by atoms with Crippen molar-refractivity contribution in [3.63, 3.8) is 0 Å². The highest BCUT2D eigenvalue weighted by molar-refractivity contribution is 6.28. The minimum atomic E-state index is -0.894. The molecule has 0 unspecified atom stereocenters. The first-order valence-corrected chi connectivity index (χ1v) is 11.6. The normalized spacial score (nSPS) is 19.3. The SMILES string of the molecule is CO[C@@H]1O[C@@H](C)CC2=C1C(=O)c1c(OCc3ccccc3)cc(OCc3ccccc3)cc1C2=O. The van der Waals surface area contributed by atoms with E-state index >= 15 is 0 Å². The van der Waals surface area contributed by atoms with Crippen LogP contribution in [0.1, 0.15) is 45.2 Å². The van der Waals surface area contributed by atoms with Crippen LogP contribution in [0.4, 0.5) is 0 Å². The summed E-state index contributed by atoms with van der Waals surface area (Å²) in [6, 6.07) is 22.7. The van der Waals surface area contributed by atoms with Crippen LogP contribution in [0.25, 0.3) is 0 Å². The van der Waals surface area contributed by atoms with Gasteiger partial charge >= 0.3 is 0 Å². The van der Waals surface area contributed by atoms with Gasteiger partial charge in [-0.25, -0.2) is 0 Å². The van der Waals surface area contributed by atoms with Crippen LogP contribution in [0.5, 0.6) is 11.5 Å². The second-order valence-electron chi connectivity index (χ2n) is 8.66. The number of carbonyl (C=O) groups excluding carboxylic acids is 2. The Hall–Kier alpha value is -3.74. The third-order valence-electron chi connectivity index (χ3n) is 6.17. The molecule has 6 nitrogen and oxygen atoms in total. The number of rotatable bonds is 7. The summed E-state index contributed by atoms with van der Waals surface area (Å²) in [6.07, 6.45) is -0.799. The van der Waals surface area contributed by atoms with Crippen molar-refractivity contribution in [2.75, 3.05) is 7.11 Å². The van der Waals surface area contributed by atoms with Gasteiger partial charge < -0.3 is 18.9 Å². The number of benzene rings is 3. The van der Waals surface area contributed by atoms with Crippen molar-refractivity contribution in [1.82, 2.24) is 0 Å². The Morgan fingerprint density at radius 2 is 1.49 bits per heavy atom. The third-order valence-corrected chi connectivity index (χ3v) is 6.17. The van der Waals surface area contributed by atoms with E-state index in [0.29, 0.717) is 30.1 Å². The van der Waals surface area contributed by atoms with E-state index in [1.165, 1.54) is 7.11 Å². The summed E-state index contributed by atoms with van der Waals surface area (Å²) in [4.78, 5) is 27.3. The van der Waals surface area contributed by atoms with Gasteiger partial charge in [-0.2, -0.15) is 0 Å². The van der Waals surface area contributed by atoms with Crippen molar-refractivity contribution >= 4 is 11.6 Å². The topological polar surface area (TPSA) is 71.1 Å². The Labute approximate surface area is 204 Å². The summed E-state index contributed by atoms with van der Waals surface area (Å²) in [6.45, 7) is 2.42. The predicted molar refractivity (Wildman–Crippen MR) is 130 cm³/mol. The molecule has 0 N–H and O–H groups in total. The molecular formula is C29H26O6. The first kappa shape index (κ1) is 23.0. The molecule has 1 aliphatic carbocycles. The molecule has 0 amide bonds. The van der Waals surface area contributed by atoms with Gasteiger partial charge in [-0.3, -0.25) is 9.59 Å². The highest BCUT2D eigenvalue weighted by Crippen LogP contribution is 2.41. The monoisotopic (exact) mass is 470 g/mol. The van der Waals surface area contributed by atoms with Crippen LogP contribution in [-0.4, -0.2) is 31.1 Å². The molecule has 2 aliphatic rings. The summed E-state index contributed by atoms with van der Waals surface area (Å²) in [5.74, 6) is 0.226. The molecule has 0 saturated carbocycles. The van der Waals surface area contributed by atoms with E-state index in [1.807, 2.05) is 67.6 Å². The van der Waals surface area contributed by atoms with Gasteiger partial charge in [0, 0.05) is 30.7 Å². The highest BCUT2D eigenvalue weighted by Gasteiger charge is 2.42. The van der Waals surface area contributed by atoms with Gasteiger partial charge in [-0.05, 0) is 24.1 Å². The first-order valence-electron chi connectivity index (χ1n) is 11.6. The number of hydrogen-bond donors (Lipinski definition) is 0. The zero-order valence-electron chi connectivity index (χ0n) is 19.7. The molecule has 0 saturated heterocycles. The number of hydrogen-bond acceptors (Lipinski definition) is 6. The molecule has 1 aliphatic heterocycles. The van der Waals surface area contributed by atoms with Crippen molar-refractivity contribution in [3.05, 3.63) is 106 Å². The zero-order chi connectivity index (χ0) is 24.4. The minimum Gasteiger partial charge on any atom is -0.489 e. The van der Waals surface area contributed by atoms with Gasteiger partial charge in [0.1, 0.15) is 24.7 Å². The highest BCUT2D eigenvalue weighted by atomic mass is 16.7. The van der Waals surface area contributed by atoms with Gasteiger partial charge in [-0.15, -0.1) is 0 Å². The predicted octanol–water partition coefficient (Wildman–Crippen LogP) is 5.30. The molecule has 1 heterocycles. The maximum absolute atomic E-state index is 13.7. The van der Waals surface area contributed by atoms with Gasteiger partial charge in [-0.1, -0.05) is 60.7 Å². The van der Waals surface area contributed by atoms with Gasteiger partial charge in [0.2, 0.25) is 0 Å². The summed E-state index contributed by atoms with van der Waals surface area (Å²) in [7, 11) is 1.47. The van der Waals surface area contributed by atoms with Gasteiger partial charge in [0.05, 0.1) is 17.2 Å². The van der Waals surface area contributed by atoms with E-state index in [0.717, 1.165) is 11.1 Å². The number of carbonyl (C=O) groups is 2. The number of ketones is 2. The molecular weight excluding hydrogens is 444 g/mol. The maximum Gasteiger partial charge on any atom is 0.199 e. The fourth-order valence-corrected chi connectivity index (χ4v) is 4.47. The van der Waals surface area contributed by atoms with E-state index in [9.17, 15) is 9.59 Å². The van der Waals surface area contributed by atoms with E-state index in [1.54, 1.807) is 12.1 Å². The lowest BCUT2D eigenvalue weighted by Crippen LogP contribution is -2.38. The molecule has 0 radical (unpaired) electrons. The Balaban J connectivity index is 1.54. The molecule has 0 bridgehead atoms. The Kier molecular flexibility index (Phi) is 6.49. The van der Waals surface area contributed by atoms with Gasteiger partial charge in [0.25, 0.3) is 0 Å². The Morgan fingerprint density at radius 1 is 0.857 bits per heavy atom. The summed E-state index contributed by atoms with van der Waals surface area (Å²) in [5.41, 5.74) is 3.12. The molecule has 178 valence electrons. The molecule has 6 heteroatoms. The van der Waals surface area contributed by atoms with E-state index in [2.05, 4.69) is 0 Å². The van der Waals surface area contributed by atoms with Crippen LogP contribution < -0.4 is 9.47 Å². The number of ether oxygens (including phenoxy) is 4. The average Bonchev–Trinajstić information content (AvgIpc) is 2.89. The summed E-state index contributed by atoms with van der Waals surface area (Å²) >= 11 is 0.